The number of nitrogens with zero attached hydrogens (tertiary/aromatic N) is 2. The minimum atomic E-state index is -0.303. The van der Waals surface area contributed by atoms with Gasteiger partial charge < -0.3 is 9.64 Å². The highest BCUT2D eigenvalue weighted by Crippen LogP contribution is 2.22. The number of pyridine rings is 1. The quantitative estimate of drug-likeness (QED) is 0.767. The van der Waals surface area contributed by atoms with Crippen molar-refractivity contribution in [3.8, 4) is 0 Å². The van der Waals surface area contributed by atoms with Crippen molar-refractivity contribution < 1.29 is 9.53 Å². The molecule has 0 spiro atoms. The number of rotatable bonds is 5. The molecule has 0 bridgehead atoms. The Kier molecular flexibility index (Phi) is 5.02. The van der Waals surface area contributed by atoms with Crippen molar-refractivity contribution in [2.75, 3.05) is 31.9 Å². The summed E-state index contributed by atoms with van der Waals surface area (Å²) in [6.45, 7) is 4.48. The Hall–Kier alpha value is -1.23. The molecular weight excluding hydrogens is 248 g/mol. The molecule has 1 heterocycles. The van der Waals surface area contributed by atoms with Crippen LogP contribution in [0.5, 0.6) is 0 Å². The third kappa shape index (κ3) is 4.22. The second-order valence-electron chi connectivity index (χ2n) is 4.84. The first kappa shape index (κ1) is 14.8. The van der Waals surface area contributed by atoms with Crippen molar-refractivity contribution >= 4 is 23.5 Å². The van der Waals surface area contributed by atoms with Crippen molar-refractivity contribution in [2.24, 2.45) is 0 Å². The number of carbonyl (C=O) groups is 1. The van der Waals surface area contributed by atoms with Crippen LogP contribution in [0.3, 0.4) is 0 Å². The molecule has 0 fully saturated rings. The van der Waals surface area contributed by atoms with Crippen LogP contribution in [-0.4, -0.2) is 42.7 Å². The average molecular weight is 268 g/mol. The summed E-state index contributed by atoms with van der Waals surface area (Å²) in [5.41, 5.74) is 0.533. The van der Waals surface area contributed by atoms with Crippen LogP contribution in [-0.2, 0) is 4.74 Å². The normalized spacial score (nSPS) is 11.2. The second kappa shape index (κ2) is 6.09. The van der Waals surface area contributed by atoms with Gasteiger partial charge in [0.25, 0.3) is 0 Å². The van der Waals surface area contributed by atoms with Crippen LogP contribution in [0.25, 0.3) is 0 Å². The Labute approximate surface area is 113 Å². The number of hydrogen-bond donors (Lipinski definition) is 0. The maximum absolute atomic E-state index is 11.9. The number of hydrogen-bond acceptors (Lipinski definition) is 5. The fourth-order valence-electron chi connectivity index (χ4n) is 1.17. The molecule has 0 radical (unpaired) electrons. The summed E-state index contributed by atoms with van der Waals surface area (Å²) in [6.07, 6.45) is 3.62. The van der Waals surface area contributed by atoms with Crippen molar-refractivity contribution in [3.05, 3.63) is 23.9 Å². The molecule has 0 unspecified atom stereocenters. The number of ether oxygens (including phenoxy) is 1. The maximum atomic E-state index is 11.9. The van der Waals surface area contributed by atoms with E-state index >= 15 is 0 Å². The van der Waals surface area contributed by atoms with E-state index in [0.717, 1.165) is 5.82 Å². The topological polar surface area (TPSA) is 42.4 Å². The zero-order valence-corrected chi connectivity index (χ0v) is 12.4. The summed E-state index contributed by atoms with van der Waals surface area (Å²) in [6, 6.07) is 3.40. The Bertz CT molecular complexity index is 419. The minimum absolute atomic E-state index is 0.0624. The molecule has 0 aliphatic carbocycles. The van der Waals surface area contributed by atoms with Gasteiger partial charge in [0.1, 0.15) is 12.4 Å². The predicted molar refractivity (Wildman–Crippen MR) is 76.4 cm³/mol. The molecule has 4 nitrogen and oxygen atoms in total. The van der Waals surface area contributed by atoms with Crippen molar-refractivity contribution in [3.63, 3.8) is 0 Å². The molecule has 0 aliphatic rings. The van der Waals surface area contributed by atoms with E-state index in [1.165, 1.54) is 0 Å². The minimum Gasteiger partial charge on any atom is -0.461 e. The van der Waals surface area contributed by atoms with Crippen LogP contribution in [0.1, 0.15) is 24.2 Å². The lowest BCUT2D eigenvalue weighted by atomic mass is 10.2. The van der Waals surface area contributed by atoms with E-state index in [0.29, 0.717) is 12.2 Å². The lowest BCUT2D eigenvalue weighted by Gasteiger charge is -2.21. The van der Waals surface area contributed by atoms with Gasteiger partial charge in [-0.15, -0.1) is 0 Å². The van der Waals surface area contributed by atoms with Gasteiger partial charge in [-0.1, -0.05) is 0 Å². The summed E-state index contributed by atoms with van der Waals surface area (Å²) in [5.74, 6) is 0.441. The van der Waals surface area contributed by atoms with E-state index in [4.69, 9.17) is 4.74 Å². The first-order valence-corrected chi connectivity index (χ1v) is 6.94. The zero-order chi connectivity index (χ0) is 13.8. The van der Waals surface area contributed by atoms with Crippen LogP contribution in [0, 0.1) is 0 Å². The molecule has 0 amide bonds. The zero-order valence-electron chi connectivity index (χ0n) is 11.6. The summed E-state index contributed by atoms with van der Waals surface area (Å²) < 4.78 is 5.25. The van der Waals surface area contributed by atoms with Crippen LogP contribution in [0.2, 0.25) is 0 Å². The van der Waals surface area contributed by atoms with Gasteiger partial charge in [-0.2, -0.15) is 11.8 Å². The molecule has 0 aliphatic heterocycles. The van der Waals surface area contributed by atoms with E-state index in [-0.39, 0.29) is 10.7 Å². The molecule has 1 rings (SSSR count). The largest absolute Gasteiger partial charge is 0.461 e. The van der Waals surface area contributed by atoms with E-state index in [1.54, 1.807) is 30.1 Å². The summed E-state index contributed by atoms with van der Waals surface area (Å²) >= 11 is 1.67. The molecule has 0 N–H and O–H groups in total. The molecule has 5 heteroatoms. The van der Waals surface area contributed by atoms with Gasteiger partial charge >= 0.3 is 5.97 Å². The number of esters is 1. The highest BCUT2D eigenvalue weighted by molar-refractivity contribution is 7.99. The first-order valence-electron chi connectivity index (χ1n) is 5.71. The molecular formula is C13H20N2O2S. The van der Waals surface area contributed by atoms with Gasteiger partial charge in [0.2, 0.25) is 0 Å². The van der Waals surface area contributed by atoms with Crippen LogP contribution in [0.15, 0.2) is 18.3 Å². The van der Waals surface area contributed by atoms with Crippen molar-refractivity contribution in [2.45, 2.75) is 18.6 Å². The van der Waals surface area contributed by atoms with E-state index in [2.05, 4.69) is 4.98 Å². The lowest BCUT2D eigenvalue weighted by molar-refractivity contribution is 0.0478. The third-order valence-corrected chi connectivity index (χ3v) is 3.77. The predicted octanol–water partition coefficient (Wildman–Crippen LogP) is 2.45. The molecule has 0 saturated carbocycles. The smallest absolute Gasteiger partial charge is 0.338 e. The molecule has 0 atom stereocenters. The number of thioether (sulfide) groups is 1. The fraction of sp³-hybridized carbons (Fsp3) is 0.538. The second-order valence-corrected chi connectivity index (χ2v) is 6.35. The standard InChI is InChI=1S/C13H20N2O2S/c1-13(2,18-5)9-17-12(16)10-6-7-14-11(8-10)15(3)4/h6-8H,9H2,1-5H3. The van der Waals surface area contributed by atoms with Gasteiger partial charge in [0, 0.05) is 25.0 Å². The Morgan fingerprint density at radius 1 is 1.50 bits per heavy atom. The number of anilines is 1. The number of aromatic nitrogens is 1. The SMILES string of the molecule is CSC(C)(C)COC(=O)c1ccnc(N(C)C)c1. The van der Waals surface area contributed by atoms with Crippen LogP contribution in [0.4, 0.5) is 5.82 Å². The molecule has 1 aromatic heterocycles. The van der Waals surface area contributed by atoms with Crippen molar-refractivity contribution in [1.29, 1.82) is 0 Å². The summed E-state index contributed by atoms with van der Waals surface area (Å²) in [4.78, 5) is 17.9. The van der Waals surface area contributed by atoms with Gasteiger partial charge in [-0.05, 0) is 32.2 Å². The molecule has 18 heavy (non-hydrogen) atoms. The summed E-state index contributed by atoms with van der Waals surface area (Å²) in [5, 5.41) is 0. The monoisotopic (exact) mass is 268 g/mol. The highest BCUT2D eigenvalue weighted by Gasteiger charge is 2.19. The summed E-state index contributed by atoms with van der Waals surface area (Å²) in [7, 11) is 3.77. The van der Waals surface area contributed by atoms with Gasteiger partial charge in [-0.25, -0.2) is 9.78 Å². The van der Waals surface area contributed by atoms with Crippen LogP contribution >= 0.6 is 11.8 Å². The molecule has 100 valence electrons. The molecule has 0 saturated heterocycles. The highest BCUT2D eigenvalue weighted by atomic mass is 32.2. The third-order valence-electron chi connectivity index (χ3n) is 2.54. The van der Waals surface area contributed by atoms with Gasteiger partial charge in [-0.3, -0.25) is 0 Å². The molecule has 1 aromatic rings. The Morgan fingerprint density at radius 2 is 2.17 bits per heavy atom. The molecule has 0 aromatic carbocycles. The average Bonchev–Trinajstić information content (AvgIpc) is 2.36. The van der Waals surface area contributed by atoms with E-state index < -0.39 is 0 Å². The first-order chi connectivity index (χ1) is 8.35. The van der Waals surface area contributed by atoms with Crippen LogP contribution < -0.4 is 4.90 Å². The Balaban J connectivity index is 2.70. The van der Waals surface area contributed by atoms with Gasteiger partial charge in [0.15, 0.2) is 0 Å². The Morgan fingerprint density at radius 3 is 2.72 bits per heavy atom. The maximum Gasteiger partial charge on any atom is 0.338 e. The van der Waals surface area contributed by atoms with Crippen molar-refractivity contribution in [1.82, 2.24) is 4.98 Å². The van der Waals surface area contributed by atoms with E-state index in [9.17, 15) is 4.79 Å². The van der Waals surface area contributed by atoms with E-state index in [1.807, 2.05) is 39.1 Å². The number of carbonyl (C=O) groups excluding carboxylic acids is 1. The lowest BCUT2D eigenvalue weighted by Crippen LogP contribution is -2.24. The van der Waals surface area contributed by atoms with Gasteiger partial charge in [0.05, 0.1) is 5.56 Å². The fourth-order valence-corrected chi connectivity index (χ4v) is 1.35.